The minimum absolute atomic E-state index is 0.167. The molecule has 1 amide bonds. The van der Waals surface area contributed by atoms with Crippen LogP contribution in [0, 0.1) is 0 Å². The molecule has 0 saturated heterocycles. The normalized spacial score (nSPS) is 10.3. The zero-order valence-corrected chi connectivity index (χ0v) is 10.1. The van der Waals surface area contributed by atoms with E-state index in [1.807, 2.05) is 13.0 Å². The first-order valence-electron chi connectivity index (χ1n) is 5.88. The number of furan rings is 1. The van der Waals surface area contributed by atoms with Crippen molar-refractivity contribution in [1.29, 1.82) is 0 Å². The van der Waals surface area contributed by atoms with Crippen LogP contribution in [0.3, 0.4) is 0 Å². The predicted octanol–water partition coefficient (Wildman–Crippen LogP) is 2.79. The van der Waals surface area contributed by atoms with Gasteiger partial charge in [-0.2, -0.15) is 0 Å². The van der Waals surface area contributed by atoms with E-state index in [1.54, 1.807) is 30.3 Å². The number of hydrogen-bond donors (Lipinski definition) is 2. The number of hydrogen-bond acceptors (Lipinski definition) is 3. The smallest absolute Gasteiger partial charge is 0.287 e. The Morgan fingerprint density at radius 1 is 1.33 bits per heavy atom. The maximum absolute atomic E-state index is 11.7. The molecule has 0 unspecified atom stereocenters. The molecule has 0 fully saturated rings. The van der Waals surface area contributed by atoms with E-state index >= 15 is 0 Å². The van der Waals surface area contributed by atoms with Gasteiger partial charge in [0, 0.05) is 12.1 Å². The predicted molar refractivity (Wildman–Crippen MR) is 68.4 cm³/mol. The van der Waals surface area contributed by atoms with Crippen LogP contribution >= 0.6 is 0 Å². The fourth-order valence-corrected chi connectivity index (χ4v) is 1.60. The van der Waals surface area contributed by atoms with Crippen molar-refractivity contribution in [3.05, 3.63) is 42.2 Å². The molecule has 0 bridgehead atoms. The Labute approximate surface area is 105 Å². The standard InChI is InChI=1S/C14H15NO3/c1-2-8-15-14(17)13-7-6-12(18-13)10-4-3-5-11(16)9-10/h3-7,9,16H,2,8H2,1H3,(H,15,17). The maximum atomic E-state index is 11.7. The molecule has 2 rings (SSSR count). The molecule has 4 nitrogen and oxygen atoms in total. The van der Waals surface area contributed by atoms with Gasteiger partial charge in [0.05, 0.1) is 0 Å². The summed E-state index contributed by atoms with van der Waals surface area (Å²) < 4.78 is 5.46. The van der Waals surface area contributed by atoms with Crippen LogP contribution in [0.1, 0.15) is 23.9 Å². The summed E-state index contributed by atoms with van der Waals surface area (Å²) in [5, 5.41) is 12.1. The third kappa shape index (κ3) is 2.71. The van der Waals surface area contributed by atoms with E-state index in [-0.39, 0.29) is 17.4 Å². The molecule has 0 saturated carbocycles. The molecule has 1 aromatic carbocycles. The first kappa shape index (κ1) is 12.2. The Morgan fingerprint density at radius 2 is 2.17 bits per heavy atom. The van der Waals surface area contributed by atoms with Gasteiger partial charge in [0.2, 0.25) is 0 Å². The Hall–Kier alpha value is -2.23. The molecule has 0 aliphatic rings. The van der Waals surface area contributed by atoms with Crippen LogP contribution in [-0.2, 0) is 0 Å². The molecule has 2 aromatic rings. The van der Waals surface area contributed by atoms with Gasteiger partial charge < -0.3 is 14.8 Å². The monoisotopic (exact) mass is 245 g/mol. The first-order valence-corrected chi connectivity index (χ1v) is 5.88. The number of carbonyl (C=O) groups excluding carboxylic acids is 1. The molecule has 1 aromatic heterocycles. The van der Waals surface area contributed by atoms with Crippen LogP contribution in [0.25, 0.3) is 11.3 Å². The second kappa shape index (κ2) is 5.40. The van der Waals surface area contributed by atoms with Crippen LogP contribution in [-0.4, -0.2) is 17.6 Å². The van der Waals surface area contributed by atoms with Crippen molar-refractivity contribution in [3.8, 4) is 17.1 Å². The molecular formula is C14H15NO3. The largest absolute Gasteiger partial charge is 0.508 e. The lowest BCUT2D eigenvalue weighted by Crippen LogP contribution is -2.23. The molecule has 18 heavy (non-hydrogen) atoms. The topological polar surface area (TPSA) is 62.5 Å². The van der Waals surface area contributed by atoms with Crippen molar-refractivity contribution in [2.24, 2.45) is 0 Å². The van der Waals surface area contributed by atoms with E-state index in [2.05, 4.69) is 5.32 Å². The van der Waals surface area contributed by atoms with Crippen molar-refractivity contribution in [2.75, 3.05) is 6.54 Å². The minimum Gasteiger partial charge on any atom is -0.508 e. The molecule has 0 aliphatic heterocycles. The van der Waals surface area contributed by atoms with Gasteiger partial charge >= 0.3 is 0 Å². The summed E-state index contributed by atoms with van der Waals surface area (Å²) in [5.74, 6) is 0.790. The van der Waals surface area contributed by atoms with Crippen molar-refractivity contribution in [3.63, 3.8) is 0 Å². The summed E-state index contributed by atoms with van der Waals surface area (Å²) in [7, 11) is 0. The molecule has 94 valence electrons. The van der Waals surface area contributed by atoms with Gasteiger partial charge in [-0.15, -0.1) is 0 Å². The summed E-state index contributed by atoms with van der Waals surface area (Å²) in [6, 6.07) is 10.1. The van der Waals surface area contributed by atoms with Gasteiger partial charge in [0.15, 0.2) is 5.76 Å². The highest BCUT2D eigenvalue weighted by Gasteiger charge is 2.11. The zero-order chi connectivity index (χ0) is 13.0. The highest BCUT2D eigenvalue weighted by Crippen LogP contribution is 2.25. The number of aromatic hydroxyl groups is 1. The van der Waals surface area contributed by atoms with Crippen molar-refractivity contribution >= 4 is 5.91 Å². The molecule has 0 radical (unpaired) electrons. The third-order valence-corrected chi connectivity index (χ3v) is 2.50. The molecule has 0 aliphatic carbocycles. The average Bonchev–Trinajstić information content (AvgIpc) is 2.85. The quantitative estimate of drug-likeness (QED) is 0.870. The second-order valence-corrected chi connectivity index (χ2v) is 3.97. The van der Waals surface area contributed by atoms with Gasteiger partial charge in [-0.3, -0.25) is 4.79 Å². The van der Waals surface area contributed by atoms with Gasteiger partial charge in [0.1, 0.15) is 11.5 Å². The van der Waals surface area contributed by atoms with Crippen molar-refractivity contribution in [2.45, 2.75) is 13.3 Å². The fraction of sp³-hybridized carbons (Fsp3) is 0.214. The highest BCUT2D eigenvalue weighted by molar-refractivity contribution is 5.92. The van der Waals surface area contributed by atoms with E-state index in [0.29, 0.717) is 12.3 Å². The average molecular weight is 245 g/mol. The molecule has 0 spiro atoms. The Morgan fingerprint density at radius 3 is 2.89 bits per heavy atom. The SMILES string of the molecule is CCCNC(=O)c1ccc(-c2cccc(O)c2)o1. The van der Waals surface area contributed by atoms with Crippen LogP contribution in [0.4, 0.5) is 0 Å². The lowest BCUT2D eigenvalue weighted by molar-refractivity contribution is 0.0927. The zero-order valence-electron chi connectivity index (χ0n) is 10.1. The maximum Gasteiger partial charge on any atom is 0.287 e. The first-order chi connectivity index (χ1) is 8.70. The fourth-order valence-electron chi connectivity index (χ4n) is 1.60. The van der Waals surface area contributed by atoms with Gasteiger partial charge in [-0.1, -0.05) is 19.1 Å². The number of benzene rings is 1. The number of amides is 1. The Kier molecular flexibility index (Phi) is 3.67. The summed E-state index contributed by atoms with van der Waals surface area (Å²) in [6.45, 7) is 2.61. The number of nitrogens with one attached hydrogen (secondary N) is 1. The van der Waals surface area contributed by atoms with E-state index in [0.717, 1.165) is 12.0 Å². The van der Waals surface area contributed by atoms with E-state index < -0.39 is 0 Å². The Balaban J connectivity index is 2.17. The van der Waals surface area contributed by atoms with Crippen LogP contribution in [0.5, 0.6) is 5.75 Å². The number of phenols is 1. The summed E-state index contributed by atoms with van der Waals surface area (Å²) in [6.07, 6.45) is 0.881. The molecule has 2 N–H and O–H groups in total. The number of carbonyl (C=O) groups is 1. The summed E-state index contributed by atoms with van der Waals surface area (Å²) in [5.41, 5.74) is 0.740. The summed E-state index contributed by atoms with van der Waals surface area (Å²) >= 11 is 0. The van der Waals surface area contributed by atoms with E-state index in [1.165, 1.54) is 0 Å². The minimum atomic E-state index is -0.219. The Bertz CT molecular complexity index is 545. The van der Waals surface area contributed by atoms with Crippen molar-refractivity contribution < 1.29 is 14.3 Å². The second-order valence-electron chi connectivity index (χ2n) is 3.97. The van der Waals surface area contributed by atoms with Crippen molar-refractivity contribution in [1.82, 2.24) is 5.32 Å². The summed E-state index contributed by atoms with van der Waals surface area (Å²) in [4.78, 5) is 11.7. The van der Waals surface area contributed by atoms with Gasteiger partial charge in [0.25, 0.3) is 5.91 Å². The van der Waals surface area contributed by atoms with Crippen LogP contribution < -0.4 is 5.32 Å². The number of rotatable bonds is 4. The number of phenolic OH excluding ortho intramolecular Hbond substituents is 1. The van der Waals surface area contributed by atoms with Crippen LogP contribution in [0.2, 0.25) is 0 Å². The lowest BCUT2D eigenvalue weighted by atomic mass is 10.2. The highest BCUT2D eigenvalue weighted by atomic mass is 16.4. The van der Waals surface area contributed by atoms with E-state index in [9.17, 15) is 9.90 Å². The third-order valence-electron chi connectivity index (χ3n) is 2.50. The molecular weight excluding hydrogens is 230 g/mol. The van der Waals surface area contributed by atoms with Gasteiger partial charge in [-0.25, -0.2) is 0 Å². The molecule has 4 heteroatoms. The molecule has 1 heterocycles. The van der Waals surface area contributed by atoms with Gasteiger partial charge in [-0.05, 0) is 30.7 Å². The van der Waals surface area contributed by atoms with Crippen LogP contribution in [0.15, 0.2) is 40.8 Å². The van der Waals surface area contributed by atoms with E-state index in [4.69, 9.17) is 4.42 Å². The lowest BCUT2D eigenvalue weighted by Gasteiger charge is -2.00. The molecule has 0 atom stereocenters.